The van der Waals surface area contributed by atoms with Gasteiger partial charge < -0.3 is 14.9 Å². The average Bonchev–Trinajstić information content (AvgIpc) is 2.32. The van der Waals surface area contributed by atoms with Crippen molar-refractivity contribution in [3.05, 3.63) is 47.3 Å². The van der Waals surface area contributed by atoms with E-state index in [0.29, 0.717) is 5.75 Å². The largest absolute Gasteiger partial charge is 0.505 e. The number of ether oxygens (including phenoxy) is 1. The molecule has 2 rings (SSSR count). The van der Waals surface area contributed by atoms with E-state index in [-0.39, 0.29) is 5.75 Å². The van der Waals surface area contributed by atoms with Gasteiger partial charge in [0.15, 0.2) is 11.4 Å². The third kappa shape index (κ3) is 2.82. The fourth-order valence-corrected chi connectivity index (χ4v) is 1.70. The molecule has 0 spiro atoms. The van der Waals surface area contributed by atoms with Gasteiger partial charge in [-0.2, -0.15) is 0 Å². The maximum atomic E-state index is 10.7. The summed E-state index contributed by atoms with van der Waals surface area (Å²) in [6, 6.07) is 6.91. The fraction of sp³-hybridized carbons (Fsp3) is 0.143. The molecule has 5 heteroatoms. The molecule has 2 N–H and O–H groups in total. The number of aromatic nitrogens is 1. The third-order valence-electron chi connectivity index (χ3n) is 2.60. The molecule has 0 aliphatic rings. The molecule has 0 bridgehead atoms. The van der Waals surface area contributed by atoms with Crippen LogP contribution in [-0.4, -0.2) is 21.2 Å². The van der Waals surface area contributed by atoms with Crippen molar-refractivity contribution in [3.63, 3.8) is 0 Å². The van der Waals surface area contributed by atoms with Gasteiger partial charge in [-0.3, -0.25) is 0 Å². The molecule has 1 aromatic carbocycles. The van der Waals surface area contributed by atoms with Crippen molar-refractivity contribution in [2.24, 2.45) is 0 Å². The summed E-state index contributed by atoms with van der Waals surface area (Å²) < 4.78 is 5.56. The van der Waals surface area contributed by atoms with Gasteiger partial charge in [0.05, 0.1) is 6.20 Å². The molecule has 19 heavy (non-hydrogen) atoms. The van der Waals surface area contributed by atoms with Crippen LogP contribution in [0.1, 0.15) is 21.6 Å². The van der Waals surface area contributed by atoms with Gasteiger partial charge in [0, 0.05) is 6.07 Å². The van der Waals surface area contributed by atoms with Crippen LogP contribution in [0.15, 0.2) is 30.5 Å². The second-order valence-electron chi connectivity index (χ2n) is 4.21. The lowest BCUT2D eigenvalue weighted by Crippen LogP contribution is -2.00. The summed E-state index contributed by atoms with van der Waals surface area (Å²) in [6.07, 6.45) is 1.27. The highest BCUT2D eigenvalue weighted by atomic mass is 16.5. The molecule has 98 valence electrons. The molecule has 0 fully saturated rings. The lowest BCUT2D eigenvalue weighted by atomic mass is 10.1. The molecule has 0 amide bonds. The zero-order valence-electron chi connectivity index (χ0n) is 10.5. The summed E-state index contributed by atoms with van der Waals surface area (Å²) >= 11 is 0. The molecule has 1 aromatic heterocycles. The third-order valence-corrected chi connectivity index (χ3v) is 2.60. The monoisotopic (exact) mass is 259 g/mol. The highest BCUT2D eigenvalue weighted by molar-refractivity contribution is 5.88. The van der Waals surface area contributed by atoms with Crippen molar-refractivity contribution in [1.82, 2.24) is 4.98 Å². The van der Waals surface area contributed by atoms with Gasteiger partial charge in [-0.15, -0.1) is 0 Å². The Labute approximate surface area is 110 Å². The maximum absolute atomic E-state index is 10.7. The molecule has 0 saturated heterocycles. The van der Waals surface area contributed by atoms with Crippen LogP contribution in [0, 0.1) is 13.8 Å². The SMILES string of the molecule is Cc1ccc(Oc2cnc(C(=O)O)c(O)c2)c(C)c1. The lowest BCUT2D eigenvalue weighted by Gasteiger charge is -2.09. The molecule has 0 radical (unpaired) electrons. The predicted molar refractivity (Wildman–Crippen MR) is 68.9 cm³/mol. The predicted octanol–water partition coefficient (Wildman–Crippen LogP) is 2.89. The minimum atomic E-state index is -1.28. The van der Waals surface area contributed by atoms with Crippen molar-refractivity contribution in [3.8, 4) is 17.2 Å². The van der Waals surface area contributed by atoms with Crippen LogP contribution in [-0.2, 0) is 0 Å². The van der Waals surface area contributed by atoms with Crippen molar-refractivity contribution >= 4 is 5.97 Å². The van der Waals surface area contributed by atoms with Crippen LogP contribution in [0.4, 0.5) is 0 Å². The Morgan fingerprint density at radius 3 is 2.58 bits per heavy atom. The van der Waals surface area contributed by atoms with E-state index in [1.165, 1.54) is 12.3 Å². The van der Waals surface area contributed by atoms with E-state index in [4.69, 9.17) is 9.84 Å². The van der Waals surface area contributed by atoms with Crippen LogP contribution in [0.25, 0.3) is 0 Å². The second-order valence-corrected chi connectivity index (χ2v) is 4.21. The highest BCUT2D eigenvalue weighted by Crippen LogP contribution is 2.28. The smallest absolute Gasteiger partial charge is 0.358 e. The Kier molecular flexibility index (Phi) is 3.37. The summed E-state index contributed by atoms with van der Waals surface area (Å²) in [5.74, 6) is -0.783. The minimum Gasteiger partial charge on any atom is -0.505 e. The normalized spacial score (nSPS) is 10.2. The van der Waals surface area contributed by atoms with Gasteiger partial charge in [-0.05, 0) is 25.5 Å². The molecule has 0 saturated carbocycles. The Morgan fingerprint density at radius 1 is 1.26 bits per heavy atom. The number of aromatic carboxylic acids is 1. The number of benzene rings is 1. The van der Waals surface area contributed by atoms with E-state index < -0.39 is 17.4 Å². The molecule has 1 heterocycles. The van der Waals surface area contributed by atoms with Crippen LogP contribution >= 0.6 is 0 Å². The first-order valence-electron chi connectivity index (χ1n) is 5.65. The number of rotatable bonds is 3. The fourth-order valence-electron chi connectivity index (χ4n) is 1.70. The Balaban J connectivity index is 2.29. The van der Waals surface area contributed by atoms with Crippen molar-refractivity contribution in [1.29, 1.82) is 0 Å². The van der Waals surface area contributed by atoms with Crippen LogP contribution in [0.2, 0.25) is 0 Å². The van der Waals surface area contributed by atoms with Crippen molar-refractivity contribution in [2.75, 3.05) is 0 Å². The zero-order valence-corrected chi connectivity index (χ0v) is 10.5. The number of carbonyl (C=O) groups is 1. The molecular weight excluding hydrogens is 246 g/mol. The summed E-state index contributed by atoms with van der Waals surface area (Å²) in [6.45, 7) is 3.88. The summed E-state index contributed by atoms with van der Waals surface area (Å²) in [4.78, 5) is 14.4. The van der Waals surface area contributed by atoms with E-state index in [9.17, 15) is 9.90 Å². The van der Waals surface area contributed by atoms with Gasteiger partial charge in [0.25, 0.3) is 0 Å². The molecule has 2 aromatic rings. The number of carboxylic acid groups (broad SMARTS) is 1. The highest BCUT2D eigenvalue weighted by Gasteiger charge is 2.12. The van der Waals surface area contributed by atoms with Gasteiger partial charge >= 0.3 is 5.97 Å². The minimum absolute atomic E-state index is 0.287. The first kappa shape index (κ1) is 12.9. The summed E-state index contributed by atoms with van der Waals surface area (Å²) in [5.41, 5.74) is 1.67. The standard InChI is InChI=1S/C14H13NO4/c1-8-3-4-12(9(2)5-8)19-10-6-11(16)13(14(17)18)15-7-10/h3-7,16H,1-2H3,(H,17,18). The number of pyridine rings is 1. The summed E-state index contributed by atoms with van der Waals surface area (Å²) in [5, 5.41) is 18.3. The number of aryl methyl sites for hydroxylation is 2. The van der Waals surface area contributed by atoms with Crippen molar-refractivity contribution < 1.29 is 19.7 Å². The molecule has 0 aliphatic heterocycles. The average molecular weight is 259 g/mol. The Hall–Kier alpha value is -2.56. The maximum Gasteiger partial charge on any atom is 0.358 e. The Bertz CT molecular complexity index is 637. The first-order chi connectivity index (χ1) is 8.97. The van der Waals surface area contributed by atoms with Gasteiger partial charge in [0.2, 0.25) is 0 Å². The quantitative estimate of drug-likeness (QED) is 0.885. The van der Waals surface area contributed by atoms with Crippen LogP contribution in [0.5, 0.6) is 17.2 Å². The van der Waals surface area contributed by atoms with Crippen molar-refractivity contribution in [2.45, 2.75) is 13.8 Å². The van der Waals surface area contributed by atoms with Gasteiger partial charge in [-0.25, -0.2) is 9.78 Å². The van der Waals surface area contributed by atoms with E-state index >= 15 is 0 Å². The van der Waals surface area contributed by atoms with E-state index in [1.54, 1.807) is 0 Å². The van der Waals surface area contributed by atoms with Gasteiger partial charge in [0.1, 0.15) is 11.5 Å². The number of nitrogens with zero attached hydrogens (tertiary/aromatic N) is 1. The number of hydrogen-bond acceptors (Lipinski definition) is 4. The Morgan fingerprint density at radius 2 is 2.00 bits per heavy atom. The second kappa shape index (κ2) is 4.97. The van der Waals surface area contributed by atoms with Gasteiger partial charge in [-0.1, -0.05) is 17.7 Å². The molecule has 0 atom stereocenters. The number of aromatic hydroxyl groups is 1. The topological polar surface area (TPSA) is 79.7 Å². The summed E-state index contributed by atoms with van der Waals surface area (Å²) in [7, 11) is 0. The molecule has 0 unspecified atom stereocenters. The zero-order chi connectivity index (χ0) is 14.0. The number of hydrogen-bond donors (Lipinski definition) is 2. The molecular formula is C14H13NO4. The van der Waals surface area contributed by atoms with Crippen LogP contribution < -0.4 is 4.74 Å². The lowest BCUT2D eigenvalue weighted by molar-refractivity contribution is 0.0687. The number of carboxylic acids is 1. The van der Waals surface area contributed by atoms with E-state index in [2.05, 4.69) is 4.98 Å². The van der Waals surface area contributed by atoms with E-state index in [0.717, 1.165) is 11.1 Å². The van der Waals surface area contributed by atoms with E-state index in [1.807, 2.05) is 32.0 Å². The first-order valence-corrected chi connectivity index (χ1v) is 5.65. The molecule has 5 nitrogen and oxygen atoms in total. The molecule has 0 aliphatic carbocycles. The van der Waals surface area contributed by atoms with Crippen LogP contribution in [0.3, 0.4) is 0 Å².